The Labute approximate surface area is 121 Å². The first-order valence-electron chi connectivity index (χ1n) is 7.26. The van der Waals surface area contributed by atoms with Crippen LogP contribution in [-0.2, 0) is 13.1 Å². The number of benzene rings is 1. The van der Waals surface area contributed by atoms with Crippen LogP contribution in [-0.4, -0.2) is 17.7 Å². The predicted octanol–water partition coefficient (Wildman–Crippen LogP) is 3.29. The van der Waals surface area contributed by atoms with E-state index in [1.807, 2.05) is 30.3 Å². The molecule has 0 atom stereocenters. The van der Waals surface area contributed by atoms with E-state index in [9.17, 15) is 0 Å². The van der Waals surface area contributed by atoms with E-state index in [-0.39, 0.29) is 0 Å². The molecule has 0 aliphatic heterocycles. The largest absolute Gasteiger partial charge is 0.492 e. The van der Waals surface area contributed by atoms with Gasteiger partial charge in [0.2, 0.25) is 0 Å². The molecule has 2 rings (SSSR count). The summed E-state index contributed by atoms with van der Waals surface area (Å²) < 4.78 is 8.00. The molecule has 0 bridgehead atoms. The van der Waals surface area contributed by atoms with Crippen LogP contribution < -0.4 is 10.1 Å². The fourth-order valence-electron chi connectivity index (χ4n) is 2.52. The molecule has 3 nitrogen and oxygen atoms in total. The molecule has 2 aromatic rings. The Morgan fingerprint density at radius 1 is 1.15 bits per heavy atom. The molecule has 0 saturated heterocycles. The highest BCUT2D eigenvalue weighted by atomic mass is 16.5. The summed E-state index contributed by atoms with van der Waals surface area (Å²) in [5.74, 6) is 0.929. The molecular formula is C17H24N2O. The van der Waals surface area contributed by atoms with Crippen LogP contribution in [0.2, 0.25) is 0 Å². The van der Waals surface area contributed by atoms with Gasteiger partial charge < -0.3 is 14.6 Å². The Kier molecular flexibility index (Phi) is 5.24. The number of nitrogens with one attached hydrogen (secondary N) is 1. The fourth-order valence-corrected chi connectivity index (χ4v) is 2.52. The van der Waals surface area contributed by atoms with Crippen molar-refractivity contribution in [3.05, 3.63) is 53.3 Å². The molecule has 0 saturated carbocycles. The number of hydrogen-bond donors (Lipinski definition) is 1. The number of nitrogens with zero attached hydrogens (tertiary/aromatic N) is 1. The van der Waals surface area contributed by atoms with Crippen molar-refractivity contribution in [3.63, 3.8) is 0 Å². The summed E-state index contributed by atoms with van der Waals surface area (Å²) in [6, 6.07) is 12.2. The monoisotopic (exact) mass is 272 g/mol. The molecular weight excluding hydrogens is 248 g/mol. The molecule has 1 aromatic carbocycles. The van der Waals surface area contributed by atoms with Crippen LogP contribution in [0.25, 0.3) is 0 Å². The first kappa shape index (κ1) is 14.7. The number of aromatic nitrogens is 1. The summed E-state index contributed by atoms with van der Waals surface area (Å²) in [4.78, 5) is 0. The van der Waals surface area contributed by atoms with Gasteiger partial charge >= 0.3 is 0 Å². The van der Waals surface area contributed by atoms with Gasteiger partial charge in [0.05, 0.1) is 0 Å². The number of hydrogen-bond acceptors (Lipinski definition) is 2. The van der Waals surface area contributed by atoms with Gasteiger partial charge in [-0.05, 0) is 44.5 Å². The van der Waals surface area contributed by atoms with Gasteiger partial charge in [0.25, 0.3) is 0 Å². The highest BCUT2D eigenvalue weighted by molar-refractivity contribution is 5.26. The summed E-state index contributed by atoms with van der Waals surface area (Å²) in [5, 5.41) is 3.44. The standard InChI is InChI=1S/C17H24N2O/c1-4-19-14(2)12-16(15(19)3)13-18-10-11-20-17-8-6-5-7-9-17/h5-9,12,18H,4,10-11,13H2,1-3H3. The van der Waals surface area contributed by atoms with E-state index in [2.05, 4.69) is 36.7 Å². The topological polar surface area (TPSA) is 26.2 Å². The lowest BCUT2D eigenvalue weighted by molar-refractivity contribution is 0.313. The van der Waals surface area contributed by atoms with E-state index in [0.717, 1.165) is 25.4 Å². The lowest BCUT2D eigenvalue weighted by Gasteiger charge is -2.08. The normalized spacial score (nSPS) is 10.8. The molecule has 0 radical (unpaired) electrons. The van der Waals surface area contributed by atoms with Gasteiger partial charge in [0.15, 0.2) is 0 Å². The first-order chi connectivity index (χ1) is 9.72. The molecule has 20 heavy (non-hydrogen) atoms. The van der Waals surface area contributed by atoms with Crippen molar-refractivity contribution in [2.45, 2.75) is 33.9 Å². The molecule has 0 amide bonds. The Hall–Kier alpha value is -1.74. The van der Waals surface area contributed by atoms with Crippen LogP contribution in [0.15, 0.2) is 36.4 Å². The molecule has 1 N–H and O–H groups in total. The molecule has 0 unspecified atom stereocenters. The van der Waals surface area contributed by atoms with Crippen molar-refractivity contribution in [3.8, 4) is 5.75 Å². The zero-order chi connectivity index (χ0) is 14.4. The second-order valence-corrected chi connectivity index (χ2v) is 4.98. The van der Waals surface area contributed by atoms with Crippen molar-refractivity contribution >= 4 is 0 Å². The smallest absolute Gasteiger partial charge is 0.119 e. The molecule has 3 heteroatoms. The minimum atomic E-state index is 0.691. The van der Waals surface area contributed by atoms with Crippen LogP contribution in [0.4, 0.5) is 0 Å². The lowest BCUT2D eigenvalue weighted by Crippen LogP contribution is -2.20. The zero-order valence-corrected chi connectivity index (χ0v) is 12.6. The zero-order valence-electron chi connectivity index (χ0n) is 12.6. The quantitative estimate of drug-likeness (QED) is 0.783. The average Bonchev–Trinajstić information content (AvgIpc) is 2.74. The van der Waals surface area contributed by atoms with Crippen molar-refractivity contribution in [1.82, 2.24) is 9.88 Å². The van der Waals surface area contributed by atoms with E-state index in [4.69, 9.17) is 4.74 Å². The van der Waals surface area contributed by atoms with Crippen molar-refractivity contribution in [2.75, 3.05) is 13.2 Å². The first-order valence-corrected chi connectivity index (χ1v) is 7.26. The molecule has 1 aromatic heterocycles. The van der Waals surface area contributed by atoms with E-state index in [1.165, 1.54) is 17.0 Å². The Bertz CT molecular complexity index is 531. The average molecular weight is 272 g/mol. The van der Waals surface area contributed by atoms with Gasteiger partial charge in [-0.25, -0.2) is 0 Å². The maximum absolute atomic E-state index is 5.66. The summed E-state index contributed by atoms with van der Waals surface area (Å²) >= 11 is 0. The molecule has 0 aliphatic carbocycles. The third kappa shape index (κ3) is 3.64. The van der Waals surface area contributed by atoms with E-state index in [1.54, 1.807) is 0 Å². The minimum Gasteiger partial charge on any atom is -0.492 e. The third-order valence-electron chi connectivity index (χ3n) is 3.60. The maximum atomic E-state index is 5.66. The molecule has 1 heterocycles. The molecule has 0 spiro atoms. The second-order valence-electron chi connectivity index (χ2n) is 4.98. The highest BCUT2D eigenvalue weighted by Crippen LogP contribution is 2.14. The number of ether oxygens (including phenoxy) is 1. The van der Waals surface area contributed by atoms with Gasteiger partial charge in [-0.3, -0.25) is 0 Å². The second kappa shape index (κ2) is 7.15. The third-order valence-corrected chi connectivity index (χ3v) is 3.60. The predicted molar refractivity (Wildman–Crippen MR) is 83.2 cm³/mol. The van der Waals surface area contributed by atoms with Crippen LogP contribution in [0, 0.1) is 13.8 Å². The van der Waals surface area contributed by atoms with Gasteiger partial charge in [0.1, 0.15) is 12.4 Å². The summed E-state index contributed by atoms with van der Waals surface area (Å²) in [7, 11) is 0. The molecule has 108 valence electrons. The minimum absolute atomic E-state index is 0.691. The van der Waals surface area contributed by atoms with E-state index in [0.29, 0.717) is 6.61 Å². The summed E-state index contributed by atoms with van der Waals surface area (Å²) in [5.41, 5.74) is 4.08. The SMILES string of the molecule is CCn1c(C)cc(CNCCOc2ccccc2)c1C. The Morgan fingerprint density at radius 3 is 2.55 bits per heavy atom. The van der Waals surface area contributed by atoms with E-state index < -0.39 is 0 Å². The fraction of sp³-hybridized carbons (Fsp3) is 0.412. The van der Waals surface area contributed by atoms with Gasteiger partial charge in [0, 0.05) is 31.0 Å². The van der Waals surface area contributed by atoms with Crippen LogP contribution in [0.3, 0.4) is 0 Å². The van der Waals surface area contributed by atoms with Gasteiger partial charge in [-0.2, -0.15) is 0 Å². The summed E-state index contributed by atoms with van der Waals surface area (Å²) in [6.07, 6.45) is 0. The van der Waals surface area contributed by atoms with Gasteiger partial charge in [-0.15, -0.1) is 0 Å². The van der Waals surface area contributed by atoms with Crippen molar-refractivity contribution < 1.29 is 4.74 Å². The number of para-hydroxylation sites is 1. The molecule has 0 aliphatic rings. The lowest BCUT2D eigenvalue weighted by atomic mass is 10.2. The van der Waals surface area contributed by atoms with Crippen molar-refractivity contribution in [2.24, 2.45) is 0 Å². The van der Waals surface area contributed by atoms with E-state index >= 15 is 0 Å². The van der Waals surface area contributed by atoms with Crippen LogP contribution in [0.1, 0.15) is 23.9 Å². The van der Waals surface area contributed by atoms with Crippen LogP contribution in [0.5, 0.6) is 5.75 Å². The van der Waals surface area contributed by atoms with Crippen LogP contribution >= 0.6 is 0 Å². The highest BCUT2D eigenvalue weighted by Gasteiger charge is 2.06. The Balaban J connectivity index is 1.74. The number of aryl methyl sites for hydroxylation is 1. The molecule has 0 fully saturated rings. The summed E-state index contributed by atoms with van der Waals surface area (Å²) in [6.45, 7) is 10.0. The Morgan fingerprint density at radius 2 is 1.90 bits per heavy atom. The van der Waals surface area contributed by atoms with Crippen molar-refractivity contribution in [1.29, 1.82) is 0 Å². The maximum Gasteiger partial charge on any atom is 0.119 e. The number of rotatable bonds is 7. The van der Waals surface area contributed by atoms with Gasteiger partial charge in [-0.1, -0.05) is 18.2 Å².